The second kappa shape index (κ2) is 7.04. The Morgan fingerprint density at radius 3 is 2.10 bits per heavy atom. The molecule has 148 valence electrons. The summed E-state index contributed by atoms with van der Waals surface area (Å²) in [5.41, 5.74) is 5.17. The van der Waals surface area contributed by atoms with Gasteiger partial charge in [0.1, 0.15) is 7.05 Å². The van der Waals surface area contributed by atoms with Gasteiger partial charge in [-0.3, -0.25) is 0 Å². The van der Waals surface area contributed by atoms with Crippen LogP contribution in [0.3, 0.4) is 0 Å². The van der Waals surface area contributed by atoms with Gasteiger partial charge in [-0.2, -0.15) is 0 Å². The summed E-state index contributed by atoms with van der Waals surface area (Å²) < 4.78 is 2.27. The first kappa shape index (κ1) is 18.3. The molecule has 0 fully saturated rings. The van der Waals surface area contributed by atoms with E-state index >= 15 is 0 Å². The maximum absolute atomic E-state index is 2.38. The lowest BCUT2D eigenvalue weighted by Crippen LogP contribution is -2.30. The lowest BCUT2D eigenvalue weighted by Gasteiger charge is -2.13. The van der Waals surface area contributed by atoms with Crippen LogP contribution in [0.25, 0.3) is 54.0 Å². The number of aromatic nitrogens is 1. The molecule has 0 spiro atoms. The number of aryl methyl sites for hydroxylation is 2. The van der Waals surface area contributed by atoms with Gasteiger partial charge >= 0.3 is 0 Å². The Balaban J connectivity index is 1.67. The average molecular weight is 417 g/mol. The lowest BCUT2D eigenvalue weighted by atomic mass is 9.92. The third-order valence-electron chi connectivity index (χ3n) is 6.33. The van der Waals surface area contributed by atoms with E-state index in [-0.39, 0.29) is 0 Å². The normalized spacial score (nSPS) is 11.5. The van der Waals surface area contributed by atoms with Crippen molar-refractivity contribution in [3.05, 3.63) is 102 Å². The molecule has 0 saturated carbocycles. The summed E-state index contributed by atoms with van der Waals surface area (Å²) in [4.78, 5) is 1.31. The predicted molar refractivity (Wildman–Crippen MR) is 134 cm³/mol. The lowest BCUT2D eigenvalue weighted by molar-refractivity contribution is -0.659. The molecule has 0 aliphatic rings. The second-order valence-corrected chi connectivity index (χ2v) is 9.17. The molecule has 2 heterocycles. The molecule has 0 saturated heterocycles. The largest absolute Gasteiger partial charge is 0.213 e. The van der Waals surface area contributed by atoms with Crippen LogP contribution in [0, 0.1) is 6.92 Å². The minimum absolute atomic E-state index is 1.24. The van der Waals surface area contributed by atoms with Gasteiger partial charge in [-0.15, -0.1) is 11.3 Å². The van der Waals surface area contributed by atoms with Crippen LogP contribution < -0.4 is 4.57 Å². The number of rotatable bonds is 2. The molecule has 1 nitrogen and oxygen atoms in total. The second-order valence-electron chi connectivity index (χ2n) is 8.22. The molecule has 2 heteroatoms. The van der Waals surface area contributed by atoms with Gasteiger partial charge in [0, 0.05) is 21.9 Å². The number of fused-ring (bicyclic) bond motifs is 3. The van der Waals surface area contributed by atoms with E-state index in [1.165, 1.54) is 59.6 Å². The Morgan fingerprint density at radius 1 is 0.645 bits per heavy atom. The highest BCUT2D eigenvalue weighted by Gasteiger charge is 2.19. The zero-order valence-electron chi connectivity index (χ0n) is 17.6. The number of hydrogen-bond acceptors (Lipinski definition) is 1. The summed E-state index contributed by atoms with van der Waals surface area (Å²) in [6.07, 6.45) is 2.26. The molecule has 0 N–H and O–H groups in total. The van der Waals surface area contributed by atoms with Crippen molar-refractivity contribution in [2.45, 2.75) is 6.92 Å². The summed E-state index contributed by atoms with van der Waals surface area (Å²) in [7, 11) is 2.16. The molecular formula is C29H22NS+. The van der Waals surface area contributed by atoms with E-state index in [2.05, 4.69) is 115 Å². The third kappa shape index (κ3) is 2.95. The molecule has 0 atom stereocenters. The third-order valence-corrected chi connectivity index (χ3v) is 7.24. The van der Waals surface area contributed by atoms with E-state index in [0.717, 1.165) is 0 Å². The van der Waals surface area contributed by atoms with Crippen molar-refractivity contribution in [1.82, 2.24) is 0 Å². The summed E-state index contributed by atoms with van der Waals surface area (Å²) >= 11 is 1.80. The average Bonchev–Trinajstić information content (AvgIpc) is 3.33. The molecule has 6 rings (SSSR count). The Morgan fingerprint density at radius 2 is 1.35 bits per heavy atom. The number of benzene rings is 4. The smallest absolute Gasteiger partial charge is 0.200 e. The van der Waals surface area contributed by atoms with Gasteiger partial charge in [0.15, 0.2) is 6.20 Å². The van der Waals surface area contributed by atoms with Gasteiger partial charge in [-0.1, -0.05) is 54.6 Å². The molecule has 31 heavy (non-hydrogen) atoms. The van der Waals surface area contributed by atoms with Crippen LogP contribution in [-0.4, -0.2) is 0 Å². The molecule has 4 aromatic carbocycles. The van der Waals surface area contributed by atoms with E-state index < -0.39 is 0 Å². The quantitative estimate of drug-likeness (QED) is 0.201. The Hall–Kier alpha value is -3.49. The van der Waals surface area contributed by atoms with Crippen LogP contribution in [0.5, 0.6) is 0 Å². The van der Waals surface area contributed by atoms with Gasteiger partial charge in [-0.25, -0.2) is 4.57 Å². The summed E-state index contributed by atoms with van der Waals surface area (Å²) in [6.45, 7) is 2.25. The zero-order valence-corrected chi connectivity index (χ0v) is 18.4. The molecule has 6 aromatic rings. The maximum Gasteiger partial charge on any atom is 0.213 e. The van der Waals surface area contributed by atoms with Crippen LogP contribution >= 0.6 is 11.3 Å². The first-order chi connectivity index (χ1) is 15.2. The first-order valence-corrected chi connectivity index (χ1v) is 11.5. The fraction of sp³-hybridized carbons (Fsp3) is 0.0690. The molecule has 0 radical (unpaired) electrons. The van der Waals surface area contributed by atoms with Crippen molar-refractivity contribution in [2.24, 2.45) is 7.05 Å². The summed E-state index contributed by atoms with van der Waals surface area (Å²) in [6, 6.07) is 31.0. The minimum atomic E-state index is 1.24. The van der Waals surface area contributed by atoms with Gasteiger partial charge in [0.05, 0.1) is 5.56 Å². The van der Waals surface area contributed by atoms with Gasteiger partial charge in [-0.05, 0) is 69.1 Å². The van der Waals surface area contributed by atoms with E-state index in [1.807, 2.05) is 0 Å². The standard InChI is InChI=1S/C29H22NS/c1-19-24-10-5-6-11-25(24)27(29-12-7-13-31-29)17-26(19)28-16-22-14-20-8-3-4-9-21(20)15-23(22)18-30(28)2/h3-18H,1-2H3/q+1. The van der Waals surface area contributed by atoms with E-state index in [4.69, 9.17) is 0 Å². The molecule has 0 bridgehead atoms. The van der Waals surface area contributed by atoms with Crippen molar-refractivity contribution in [3.8, 4) is 21.7 Å². The summed E-state index contributed by atoms with van der Waals surface area (Å²) in [5.74, 6) is 0. The number of thiophene rings is 1. The zero-order chi connectivity index (χ0) is 20.9. The van der Waals surface area contributed by atoms with Crippen LogP contribution in [0.1, 0.15) is 5.56 Å². The fourth-order valence-electron chi connectivity index (χ4n) is 4.73. The molecular weight excluding hydrogens is 394 g/mol. The number of nitrogens with zero attached hydrogens (tertiary/aromatic N) is 1. The molecule has 2 aromatic heterocycles. The molecule has 0 aliphatic heterocycles. The van der Waals surface area contributed by atoms with Crippen molar-refractivity contribution < 1.29 is 4.57 Å². The minimum Gasteiger partial charge on any atom is -0.200 e. The number of pyridine rings is 1. The van der Waals surface area contributed by atoms with Gasteiger partial charge in [0.2, 0.25) is 5.69 Å². The monoisotopic (exact) mass is 416 g/mol. The van der Waals surface area contributed by atoms with Crippen LogP contribution in [0.4, 0.5) is 0 Å². The SMILES string of the molecule is Cc1c(-c2cc3cc4ccccc4cc3c[n+]2C)cc(-c2cccs2)c2ccccc12. The van der Waals surface area contributed by atoms with Crippen LogP contribution in [0.2, 0.25) is 0 Å². The Labute approximate surface area is 185 Å². The van der Waals surface area contributed by atoms with E-state index in [0.29, 0.717) is 0 Å². The first-order valence-electron chi connectivity index (χ1n) is 10.6. The van der Waals surface area contributed by atoms with Gasteiger partial charge < -0.3 is 0 Å². The van der Waals surface area contributed by atoms with Gasteiger partial charge in [0.25, 0.3) is 0 Å². The van der Waals surface area contributed by atoms with Crippen molar-refractivity contribution >= 4 is 43.7 Å². The predicted octanol–water partition coefficient (Wildman–Crippen LogP) is 7.67. The topological polar surface area (TPSA) is 3.88 Å². The maximum atomic E-state index is 2.38. The highest BCUT2D eigenvalue weighted by Crippen LogP contribution is 2.38. The summed E-state index contributed by atoms with van der Waals surface area (Å²) in [5, 5.41) is 9.90. The highest BCUT2D eigenvalue weighted by molar-refractivity contribution is 7.13. The highest BCUT2D eigenvalue weighted by atomic mass is 32.1. The Bertz CT molecular complexity index is 1590. The Kier molecular flexibility index (Phi) is 4.15. The number of hydrogen-bond donors (Lipinski definition) is 0. The van der Waals surface area contributed by atoms with E-state index in [1.54, 1.807) is 11.3 Å². The van der Waals surface area contributed by atoms with Crippen molar-refractivity contribution in [1.29, 1.82) is 0 Å². The molecule has 0 unspecified atom stereocenters. The fourth-order valence-corrected chi connectivity index (χ4v) is 5.49. The van der Waals surface area contributed by atoms with E-state index in [9.17, 15) is 0 Å². The van der Waals surface area contributed by atoms with Crippen LogP contribution in [-0.2, 0) is 7.05 Å². The van der Waals surface area contributed by atoms with Crippen LogP contribution in [0.15, 0.2) is 96.5 Å². The van der Waals surface area contributed by atoms with Crippen molar-refractivity contribution in [2.75, 3.05) is 0 Å². The van der Waals surface area contributed by atoms with Crippen molar-refractivity contribution in [3.63, 3.8) is 0 Å². The molecule has 0 amide bonds. The molecule has 0 aliphatic carbocycles.